The molecule has 3 N–H and O–H groups in total. The molecule has 0 bridgehead atoms. The molecular formula is C31H38ClN3O3. The Morgan fingerprint density at radius 1 is 1.05 bits per heavy atom. The van der Waals surface area contributed by atoms with Crippen LogP contribution >= 0.6 is 11.6 Å². The van der Waals surface area contributed by atoms with Crippen LogP contribution in [0.5, 0.6) is 11.5 Å². The Labute approximate surface area is 230 Å². The maximum atomic E-state index is 13.1. The number of hydrogen-bond donors (Lipinski definition) is 3. The molecule has 1 atom stereocenters. The number of rotatable bonds is 7. The van der Waals surface area contributed by atoms with Gasteiger partial charge < -0.3 is 20.5 Å². The zero-order valence-corrected chi connectivity index (χ0v) is 23.6. The number of phenolic OH excluding ortho intramolecular Hbond substituents is 1. The molecule has 1 aliphatic heterocycles. The molecule has 1 aromatic heterocycles. The van der Waals surface area contributed by atoms with Crippen molar-refractivity contribution in [3.63, 3.8) is 0 Å². The number of aromatic nitrogens is 1. The molecule has 0 fully saturated rings. The quantitative estimate of drug-likeness (QED) is 0.301. The fourth-order valence-corrected chi connectivity index (χ4v) is 6.03. The summed E-state index contributed by atoms with van der Waals surface area (Å²) in [5.41, 5.74) is 7.34. The largest absolute Gasteiger partial charge is 0.507 e. The van der Waals surface area contributed by atoms with E-state index in [0.29, 0.717) is 30.2 Å². The van der Waals surface area contributed by atoms with Crippen LogP contribution in [0.2, 0.25) is 5.02 Å². The molecule has 0 saturated heterocycles. The Morgan fingerprint density at radius 3 is 2.63 bits per heavy atom. The van der Waals surface area contributed by atoms with Gasteiger partial charge in [-0.25, -0.2) is 0 Å². The number of unbranched alkanes of at least 4 members (excludes halogenated alkanes) is 1. The summed E-state index contributed by atoms with van der Waals surface area (Å²) in [6.07, 6.45) is 7.54. The van der Waals surface area contributed by atoms with Crippen molar-refractivity contribution < 1.29 is 14.6 Å². The highest BCUT2D eigenvalue weighted by Gasteiger charge is 2.40. The van der Waals surface area contributed by atoms with Crippen LogP contribution < -0.4 is 15.4 Å². The van der Waals surface area contributed by atoms with E-state index in [1.54, 1.807) is 0 Å². The van der Waals surface area contributed by atoms with Crippen molar-refractivity contribution in [2.24, 2.45) is 0 Å². The third-order valence-corrected chi connectivity index (χ3v) is 8.65. The lowest BCUT2D eigenvalue weighted by molar-refractivity contribution is -0.136. The second kappa shape index (κ2) is 10.6. The van der Waals surface area contributed by atoms with E-state index in [-0.39, 0.29) is 5.91 Å². The number of carbonyl (C=O) groups is 1. The third kappa shape index (κ3) is 4.91. The molecule has 1 aliphatic carbocycles. The van der Waals surface area contributed by atoms with Gasteiger partial charge in [0.2, 0.25) is 0 Å². The van der Waals surface area contributed by atoms with Crippen molar-refractivity contribution in [3.05, 3.63) is 56.7 Å². The maximum Gasteiger partial charge on any atom is 0.263 e. The Hall–Kier alpha value is -2.99. The number of nitrogens with one attached hydrogen (secondary N) is 2. The number of amides is 1. The topological polar surface area (TPSA) is 83.5 Å². The Kier molecular flexibility index (Phi) is 7.45. The number of pyridine rings is 1. The van der Waals surface area contributed by atoms with Gasteiger partial charge >= 0.3 is 0 Å². The number of halogens is 1. The molecule has 2 aromatic carbocycles. The zero-order chi connectivity index (χ0) is 27.0. The van der Waals surface area contributed by atoms with Crippen LogP contribution in [0.1, 0.15) is 72.5 Å². The molecule has 5 rings (SSSR count). The van der Waals surface area contributed by atoms with Crippen molar-refractivity contribution in [1.29, 1.82) is 0 Å². The van der Waals surface area contributed by atoms with E-state index in [1.165, 1.54) is 29.8 Å². The molecule has 2 heterocycles. The number of aromatic hydroxyl groups is 1. The standard InChI is InChI=1S/C31H38ClN3O3/c1-18-19(2)29-22(20(3)28(18)36)13-14-31(4,38-29)30(37)34-16-8-7-15-33-27-23-9-5-6-10-25(23)35-26-17-21(32)11-12-24(26)27/h11-12,17,36H,5-10,13-16H2,1-4H3,(H,33,35)(H,34,37). The van der Waals surface area contributed by atoms with Crippen LogP contribution in [-0.2, 0) is 24.1 Å². The van der Waals surface area contributed by atoms with Gasteiger partial charge in [0.25, 0.3) is 5.91 Å². The predicted molar refractivity (Wildman–Crippen MR) is 154 cm³/mol. The normalized spacial score (nSPS) is 18.4. The average molecular weight is 536 g/mol. The van der Waals surface area contributed by atoms with Gasteiger partial charge in [0.15, 0.2) is 5.60 Å². The first-order valence-corrected chi connectivity index (χ1v) is 14.2. The molecular weight excluding hydrogens is 498 g/mol. The summed E-state index contributed by atoms with van der Waals surface area (Å²) in [6.45, 7) is 9.05. The van der Waals surface area contributed by atoms with Crippen molar-refractivity contribution in [1.82, 2.24) is 10.3 Å². The van der Waals surface area contributed by atoms with E-state index < -0.39 is 5.60 Å². The molecule has 2 aliphatic rings. The highest BCUT2D eigenvalue weighted by atomic mass is 35.5. The molecule has 0 spiro atoms. The lowest BCUT2D eigenvalue weighted by atomic mass is 9.86. The summed E-state index contributed by atoms with van der Waals surface area (Å²) in [4.78, 5) is 18.0. The second-order valence-electron chi connectivity index (χ2n) is 11.0. The summed E-state index contributed by atoms with van der Waals surface area (Å²) in [6, 6.07) is 5.95. The Balaban J connectivity index is 1.17. The molecule has 3 aromatic rings. The first-order chi connectivity index (χ1) is 18.2. The molecule has 1 amide bonds. The summed E-state index contributed by atoms with van der Waals surface area (Å²) < 4.78 is 6.32. The number of anilines is 1. The number of phenols is 1. The highest BCUT2D eigenvalue weighted by molar-refractivity contribution is 6.31. The molecule has 202 valence electrons. The van der Waals surface area contributed by atoms with Gasteiger partial charge in [-0.2, -0.15) is 0 Å². The minimum atomic E-state index is -0.915. The summed E-state index contributed by atoms with van der Waals surface area (Å²) in [5.74, 6) is 1.00. The van der Waals surface area contributed by atoms with Gasteiger partial charge in [-0.05, 0) is 113 Å². The molecule has 6 nitrogen and oxygen atoms in total. The zero-order valence-electron chi connectivity index (χ0n) is 22.9. The second-order valence-corrected chi connectivity index (χ2v) is 11.5. The van der Waals surface area contributed by atoms with E-state index >= 15 is 0 Å². The Bertz CT molecular complexity index is 1400. The fraction of sp³-hybridized carbons (Fsp3) is 0.484. The van der Waals surface area contributed by atoms with E-state index in [4.69, 9.17) is 21.3 Å². The molecule has 7 heteroatoms. The Morgan fingerprint density at radius 2 is 1.82 bits per heavy atom. The fourth-order valence-electron chi connectivity index (χ4n) is 5.86. The van der Waals surface area contributed by atoms with Crippen LogP contribution in [0.4, 0.5) is 5.69 Å². The smallest absolute Gasteiger partial charge is 0.263 e. The number of aryl methyl sites for hydroxylation is 1. The van der Waals surface area contributed by atoms with Gasteiger partial charge in [0.05, 0.1) is 5.52 Å². The third-order valence-electron chi connectivity index (χ3n) is 8.42. The molecule has 1 unspecified atom stereocenters. The van der Waals surface area contributed by atoms with E-state index in [1.807, 2.05) is 39.8 Å². The molecule has 38 heavy (non-hydrogen) atoms. The van der Waals surface area contributed by atoms with Crippen LogP contribution in [-0.4, -0.2) is 34.7 Å². The number of hydrogen-bond acceptors (Lipinski definition) is 5. The van der Waals surface area contributed by atoms with E-state index in [9.17, 15) is 9.90 Å². The van der Waals surface area contributed by atoms with Crippen LogP contribution in [0.3, 0.4) is 0 Å². The highest BCUT2D eigenvalue weighted by Crippen LogP contribution is 2.43. The van der Waals surface area contributed by atoms with Crippen LogP contribution in [0.15, 0.2) is 18.2 Å². The van der Waals surface area contributed by atoms with E-state index in [0.717, 1.165) is 71.1 Å². The number of fused-ring (bicyclic) bond motifs is 3. The van der Waals surface area contributed by atoms with Crippen LogP contribution in [0.25, 0.3) is 10.9 Å². The lowest BCUT2D eigenvalue weighted by Crippen LogP contribution is -2.51. The van der Waals surface area contributed by atoms with Crippen molar-refractivity contribution in [2.75, 3.05) is 18.4 Å². The summed E-state index contributed by atoms with van der Waals surface area (Å²) in [7, 11) is 0. The maximum absolute atomic E-state index is 13.1. The lowest BCUT2D eigenvalue weighted by Gasteiger charge is -2.36. The number of benzene rings is 2. The van der Waals surface area contributed by atoms with Gasteiger partial charge in [-0.15, -0.1) is 0 Å². The van der Waals surface area contributed by atoms with Gasteiger partial charge in [0.1, 0.15) is 11.5 Å². The summed E-state index contributed by atoms with van der Waals surface area (Å²) >= 11 is 6.25. The average Bonchev–Trinajstić information content (AvgIpc) is 2.91. The first-order valence-electron chi connectivity index (χ1n) is 13.8. The minimum Gasteiger partial charge on any atom is -0.507 e. The molecule has 0 radical (unpaired) electrons. The van der Waals surface area contributed by atoms with Crippen molar-refractivity contribution in [3.8, 4) is 11.5 Å². The number of ether oxygens (including phenoxy) is 1. The number of carbonyl (C=O) groups excluding carboxylic acids is 1. The van der Waals surface area contributed by atoms with Gasteiger partial charge in [-0.1, -0.05) is 11.6 Å². The van der Waals surface area contributed by atoms with Crippen LogP contribution in [0, 0.1) is 20.8 Å². The SMILES string of the molecule is Cc1c(C)c2c(c(C)c1O)CCC(C)(C(=O)NCCCCNc1c3c(nc4cc(Cl)ccc14)CCCC3)O2. The first kappa shape index (κ1) is 26.6. The predicted octanol–water partition coefficient (Wildman–Crippen LogP) is 6.49. The summed E-state index contributed by atoms with van der Waals surface area (Å²) in [5, 5.41) is 19.0. The monoisotopic (exact) mass is 535 g/mol. The van der Waals surface area contributed by atoms with Gasteiger partial charge in [0, 0.05) is 46.9 Å². The van der Waals surface area contributed by atoms with Gasteiger partial charge in [-0.3, -0.25) is 9.78 Å². The number of nitrogens with zero attached hydrogens (tertiary/aromatic N) is 1. The van der Waals surface area contributed by atoms with E-state index in [2.05, 4.69) is 16.7 Å². The minimum absolute atomic E-state index is 0.0787. The van der Waals surface area contributed by atoms with Crippen molar-refractivity contribution >= 4 is 34.1 Å². The van der Waals surface area contributed by atoms with Crippen molar-refractivity contribution in [2.45, 2.75) is 84.7 Å². The molecule has 0 saturated carbocycles.